The molecule has 0 atom stereocenters. The number of carbonyl (C=O) groups excluding carboxylic acids is 1. The lowest BCUT2D eigenvalue weighted by molar-refractivity contribution is -0.104. The van der Waals surface area contributed by atoms with Crippen molar-refractivity contribution >= 4 is 12.4 Å². The van der Waals surface area contributed by atoms with Crippen molar-refractivity contribution in [1.29, 1.82) is 0 Å². The highest BCUT2D eigenvalue weighted by Crippen LogP contribution is 2.08. The van der Waals surface area contributed by atoms with Crippen molar-refractivity contribution in [3.8, 4) is 0 Å². The van der Waals surface area contributed by atoms with E-state index in [4.69, 9.17) is 0 Å². The Labute approximate surface area is 84.8 Å². The zero-order valence-electron chi connectivity index (χ0n) is 8.53. The van der Waals surface area contributed by atoms with E-state index in [1.54, 1.807) is 6.08 Å². The van der Waals surface area contributed by atoms with E-state index in [-0.39, 0.29) is 0 Å². The van der Waals surface area contributed by atoms with Crippen LogP contribution in [0, 0.1) is 6.92 Å². The van der Waals surface area contributed by atoms with Gasteiger partial charge in [-0.2, -0.15) is 0 Å². The molecule has 0 heterocycles. The van der Waals surface area contributed by atoms with Crippen LogP contribution in [0.15, 0.2) is 42.0 Å². The average Bonchev–Trinajstić information content (AvgIpc) is 2.18. The highest BCUT2D eigenvalue weighted by Gasteiger charge is 1.87. The minimum Gasteiger partial charge on any atom is -0.299 e. The number of rotatable bonds is 3. The third-order valence-corrected chi connectivity index (χ3v) is 1.91. The Hall–Kier alpha value is -1.63. The van der Waals surface area contributed by atoms with Crippen LogP contribution in [0.3, 0.4) is 0 Å². The molecule has 0 amide bonds. The van der Waals surface area contributed by atoms with E-state index < -0.39 is 0 Å². The monoisotopic (exact) mass is 186 g/mol. The number of aldehydes is 1. The lowest BCUT2D eigenvalue weighted by Crippen LogP contribution is -1.75. The average molecular weight is 186 g/mol. The van der Waals surface area contributed by atoms with Crippen molar-refractivity contribution in [2.24, 2.45) is 0 Å². The minimum absolute atomic E-state index is 0.784. The van der Waals surface area contributed by atoms with Gasteiger partial charge in [0, 0.05) is 0 Å². The molecular weight excluding hydrogens is 172 g/mol. The number of aryl methyl sites for hydroxylation is 1. The molecule has 1 rings (SSSR count). The fraction of sp³-hybridized carbons (Fsp3) is 0.154. The molecule has 1 aromatic rings. The maximum Gasteiger partial charge on any atom is 0.142 e. The molecule has 0 unspecified atom stereocenters. The predicted octanol–water partition coefficient (Wildman–Crippen LogP) is 3.15. The Morgan fingerprint density at radius 1 is 1.21 bits per heavy atom. The SMILES string of the molecule is CC(=C/c1ccc(C)cc1)/C=C/C=O. The number of allylic oxidation sites excluding steroid dienone is 3. The van der Waals surface area contributed by atoms with Gasteiger partial charge in [0.1, 0.15) is 6.29 Å². The van der Waals surface area contributed by atoms with Crippen LogP contribution in [-0.4, -0.2) is 6.29 Å². The molecule has 0 fully saturated rings. The molecule has 0 radical (unpaired) electrons. The predicted molar refractivity (Wildman–Crippen MR) is 60.0 cm³/mol. The summed E-state index contributed by atoms with van der Waals surface area (Å²) in [6, 6.07) is 8.27. The van der Waals surface area contributed by atoms with Gasteiger partial charge in [-0.1, -0.05) is 47.6 Å². The van der Waals surface area contributed by atoms with Crippen molar-refractivity contribution in [3.63, 3.8) is 0 Å². The van der Waals surface area contributed by atoms with Gasteiger partial charge in [-0.25, -0.2) is 0 Å². The largest absolute Gasteiger partial charge is 0.299 e. The molecule has 1 nitrogen and oxygen atoms in total. The van der Waals surface area contributed by atoms with E-state index in [0.717, 1.165) is 17.4 Å². The second-order valence-corrected chi connectivity index (χ2v) is 3.29. The standard InChI is InChI=1S/C13H14O/c1-11-5-7-13(8-6-11)10-12(2)4-3-9-14/h3-10H,1-2H3/b4-3+,12-10-. The van der Waals surface area contributed by atoms with Gasteiger partial charge in [0.15, 0.2) is 0 Å². The van der Waals surface area contributed by atoms with Gasteiger partial charge >= 0.3 is 0 Å². The summed E-state index contributed by atoms with van der Waals surface area (Å²) in [6.07, 6.45) is 6.12. The number of benzene rings is 1. The van der Waals surface area contributed by atoms with Crippen molar-refractivity contribution < 1.29 is 4.79 Å². The van der Waals surface area contributed by atoms with Gasteiger partial charge in [-0.15, -0.1) is 0 Å². The Morgan fingerprint density at radius 3 is 2.43 bits per heavy atom. The molecule has 72 valence electrons. The molecule has 14 heavy (non-hydrogen) atoms. The van der Waals surface area contributed by atoms with Gasteiger partial charge in [0.2, 0.25) is 0 Å². The Morgan fingerprint density at radius 2 is 1.86 bits per heavy atom. The van der Waals surface area contributed by atoms with Gasteiger partial charge in [0.25, 0.3) is 0 Å². The second-order valence-electron chi connectivity index (χ2n) is 3.29. The van der Waals surface area contributed by atoms with E-state index in [1.165, 1.54) is 11.6 Å². The third kappa shape index (κ3) is 3.40. The molecule has 0 aromatic heterocycles. The lowest BCUT2D eigenvalue weighted by Gasteiger charge is -1.96. The molecule has 0 saturated carbocycles. The number of hydrogen-bond acceptors (Lipinski definition) is 1. The smallest absolute Gasteiger partial charge is 0.142 e. The first-order valence-electron chi connectivity index (χ1n) is 4.59. The Kier molecular flexibility index (Phi) is 3.86. The normalized spacial score (nSPS) is 12.0. The van der Waals surface area contributed by atoms with Crippen molar-refractivity contribution in [2.45, 2.75) is 13.8 Å². The summed E-state index contributed by atoms with van der Waals surface area (Å²) in [4.78, 5) is 10.1. The molecule has 0 aliphatic carbocycles. The molecule has 0 bridgehead atoms. The van der Waals surface area contributed by atoms with Crippen LogP contribution >= 0.6 is 0 Å². The number of carbonyl (C=O) groups is 1. The molecule has 1 heteroatoms. The first kappa shape index (κ1) is 10.5. The molecule has 0 saturated heterocycles. The van der Waals surface area contributed by atoms with E-state index in [2.05, 4.69) is 31.2 Å². The second kappa shape index (κ2) is 5.18. The van der Waals surface area contributed by atoms with Crippen molar-refractivity contribution in [2.75, 3.05) is 0 Å². The molecule has 0 aliphatic rings. The van der Waals surface area contributed by atoms with Crippen LogP contribution in [0.1, 0.15) is 18.1 Å². The Bertz CT molecular complexity index is 355. The van der Waals surface area contributed by atoms with E-state index in [9.17, 15) is 4.79 Å². The van der Waals surface area contributed by atoms with Gasteiger partial charge in [-0.3, -0.25) is 4.79 Å². The lowest BCUT2D eigenvalue weighted by atomic mass is 10.1. The summed E-state index contributed by atoms with van der Waals surface area (Å²) in [5.41, 5.74) is 3.48. The first-order chi connectivity index (χ1) is 6.72. The summed E-state index contributed by atoms with van der Waals surface area (Å²) in [5, 5.41) is 0. The first-order valence-corrected chi connectivity index (χ1v) is 4.59. The fourth-order valence-electron chi connectivity index (χ4n) is 1.16. The van der Waals surface area contributed by atoms with E-state index in [1.807, 2.05) is 13.0 Å². The van der Waals surface area contributed by atoms with Crippen LogP contribution in [0.25, 0.3) is 6.08 Å². The quantitative estimate of drug-likeness (QED) is 0.402. The maximum atomic E-state index is 10.1. The summed E-state index contributed by atoms with van der Waals surface area (Å²) < 4.78 is 0. The van der Waals surface area contributed by atoms with Crippen LogP contribution in [0.5, 0.6) is 0 Å². The van der Waals surface area contributed by atoms with Gasteiger partial charge < -0.3 is 0 Å². The topological polar surface area (TPSA) is 17.1 Å². The van der Waals surface area contributed by atoms with Crippen LogP contribution in [0.4, 0.5) is 0 Å². The van der Waals surface area contributed by atoms with Gasteiger partial charge in [-0.05, 0) is 25.5 Å². The summed E-state index contributed by atoms with van der Waals surface area (Å²) >= 11 is 0. The summed E-state index contributed by atoms with van der Waals surface area (Å²) in [5.74, 6) is 0. The van der Waals surface area contributed by atoms with E-state index in [0.29, 0.717) is 0 Å². The molecule has 0 aliphatic heterocycles. The molecule has 0 N–H and O–H groups in total. The maximum absolute atomic E-state index is 10.1. The summed E-state index contributed by atoms with van der Waals surface area (Å²) in [6.45, 7) is 4.03. The highest BCUT2D eigenvalue weighted by molar-refractivity contribution is 5.67. The van der Waals surface area contributed by atoms with Crippen LogP contribution in [0.2, 0.25) is 0 Å². The van der Waals surface area contributed by atoms with Crippen LogP contribution < -0.4 is 0 Å². The van der Waals surface area contributed by atoms with Crippen molar-refractivity contribution in [3.05, 3.63) is 53.1 Å². The fourth-order valence-corrected chi connectivity index (χ4v) is 1.16. The molecule has 0 spiro atoms. The zero-order valence-corrected chi connectivity index (χ0v) is 8.53. The van der Waals surface area contributed by atoms with Crippen molar-refractivity contribution in [1.82, 2.24) is 0 Å². The third-order valence-electron chi connectivity index (χ3n) is 1.91. The highest BCUT2D eigenvalue weighted by atomic mass is 16.1. The molecule has 1 aromatic carbocycles. The number of hydrogen-bond donors (Lipinski definition) is 0. The molecular formula is C13H14O. The zero-order chi connectivity index (χ0) is 10.4. The minimum atomic E-state index is 0.784. The van der Waals surface area contributed by atoms with E-state index >= 15 is 0 Å². The summed E-state index contributed by atoms with van der Waals surface area (Å²) in [7, 11) is 0. The van der Waals surface area contributed by atoms with Crippen LogP contribution in [-0.2, 0) is 4.79 Å². The van der Waals surface area contributed by atoms with Gasteiger partial charge in [0.05, 0.1) is 0 Å². The Balaban J connectivity index is 2.81.